The van der Waals surface area contributed by atoms with Gasteiger partial charge >= 0.3 is 0 Å². The molecule has 2 atom stereocenters. The standard InChI is InChI=1S/C32H35BrN2O6S/c33-26-14-10-24(11-15-26)29-32(31(37)35-19-5-2-6-20-35,18-23-42(38,39)28-8-3-1-4-9-28)34-30(41-29)25-12-16-27(17-13-25)40-22-7-21-36/h1,3-4,8-17,29,36H,2,5-7,18-23H2/t29-,32-/m1/s1. The summed E-state index contributed by atoms with van der Waals surface area (Å²) < 4.78 is 40.0. The molecule has 0 bridgehead atoms. The summed E-state index contributed by atoms with van der Waals surface area (Å²) in [6.07, 6.45) is 2.50. The number of benzene rings is 3. The van der Waals surface area contributed by atoms with Gasteiger partial charge in [-0.15, -0.1) is 0 Å². The van der Waals surface area contributed by atoms with Crippen LogP contribution in [0.2, 0.25) is 0 Å². The van der Waals surface area contributed by atoms with E-state index in [1.807, 2.05) is 41.3 Å². The fourth-order valence-electron chi connectivity index (χ4n) is 5.40. The van der Waals surface area contributed by atoms with Gasteiger partial charge in [-0.2, -0.15) is 0 Å². The van der Waals surface area contributed by atoms with Gasteiger partial charge < -0.3 is 19.5 Å². The van der Waals surface area contributed by atoms with E-state index in [-0.39, 0.29) is 35.5 Å². The van der Waals surface area contributed by atoms with Gasteiger partial charge in [0, 0.05) is 42.6 Å². The number of aliphatic hydroxyl groups is 1. The monoisotopic (exact) mass is 654 g/mol. The Bertz CT molecular complexity index is 1490. The molecule has 2 heterocycles. The van der Waals surface area contributed by atoms with Crippen LogP contribution in [0.5, 0.6) is 5.75 Å². The second-order valence-electron chi connectivity index (χ2n) is 10.6. The average molecular weight is 656 g/mol. The highest BCUT2D eigenvalue weighted by molar-refractivity contribution is 9.10. The lowest BCUT2D eigenvalue weighted by Gasteiger charge is -2.37. The Morgan fingerprint density at radius 2 is 1.69 bits per heavy atom. The van der Waals surface area contributed by atoms with Gasteiger partial charge in [0.25, 0.3) is 5.91 Å². The van der Waals surface area contributed by atoms with Gasteiger partial charge in [0.2, 0.25) is 5.90 Å². The van der Waals surface area contributed by atoms with Gasteiger partial charge in [0.05, 0.1) is 17.3 Å². The van der Waals surface area contributed by atoms with Gasteiger partial charge in [-0.1, -0.05) is 46.3 Å². The van der Waals surface area contributed by atoms with Crippen molar-refractivity contribution in [2.75, 3.05) is 32.1 Å². The van der Waals surface area contributed by atoms with Crippen molar-refractivity contribution in [2.45, 2.75) is 48.6 Å². The number of hydrogen-bond donors (Lipinski definition) is 1. The van der Waals surface area contributed by atoms with E-state index in [2.05, 4.69) is 15.9 Å². The zero-order valence-electron chi connectivity index (χ0n) is 23.3. The first-order valence-electron chi connectivity index (χ1n) is 14.3. The maximum Gasteiger partial charge on any atom is 0.254 e. The number of ether oxygens (including phenoxy) is 2. The molecule has 3 aromatic carbocycles. The van der Waals surface area contributed by atoms with Crippen LogP contribution >= 0.6 is 15.9 Å². The van der Waals surface area contributed by atoms with Crippen LogP contribution in [0.15, 0.2) is 93.2 Å². The van der Waals surface area contributed by atoms with Crippen LogP contribution in [-0.4, -0.2) is 67.8 Å². The predicted octanol–water partition coefficient (Wildman–Crippen LogP) is 5.34. The van der Waals surface area contributed by atoms with E-state index in [9.17, 15) is 13.2 Å². The number of piperidine rings is 1. The molecule has 0 aliphatic carbocycles. The number of amides is 1. The lowest BCUT2D eigenvalue weighted by atomic mass is 9.84. The first kappa shape index (κ1) is 30.3. The number of halogens is 1. The van der Waals surface area contributed by atoms with Crippen LogP contribution in [0.3, 0.4) is 0 Å². The molecule has 1 N–H and O–H groups in total. The van der Waals surface area contributed by atoms with Crippen LogP contribution in [0.25, 0.3) is 0 Å². The molecule has 0 radical (unpaired) electrons. The third-order valence-electron chi connectivity index (χ3n) is 7.68. The quantitative estimate of drug-likeness (QED) is 0.280. The molecule has 10 heteroatoms. The van der Waals surface area contributed by atoms with Crippen LogP contribution in [-0.2, 0) is 19.4 Å². The number of carbonyl (C=O) groups is 1. The Morgan fingerprint density at radius 3 is 2.36 bits per heavy atom. The molecule has 1 saturated heterocycles. The molecule has 0 aromatic heterocycles. The molecule has 2 aliphatic heterocycles. The molecular formula is C32H35BrN2O6S. The van der Waals surface area contributed by atoms with E-state index in [1.165, 1.54) is 0 Å². The summed E-state index contributed by atoms with van der Waals surface area (Å²) in [4.78, 5) is 21.5. The van der Waals surface area contributed by atoms with Gasteiger partial charge in [0.1, 0.15) is 5.75 Å². The number of likely N-dealkylation sites (tertiary alicyclic amines) is 1. The first-order valence-corrected chi connectivity index (χ1v) is 16.7. The van der Waals surface area contributed by atoms with E-state index in [4.69, 9.17) is 19.6 Å². The second-order valence-corrected chi connectivity index (χ2v) is 13.6. The van der Waals surface area contributed by atoms with Crippen molar-refractivity contribution in [3.63, 3.8) is 0 Å². The molecule has 0 spiro atoms. The van der Waals surface area contributed by atoms with E-state index < -0.39 is 21.5 Å². The molecule has 222 valence electrons. The van der Waals surface area contributed by atoms with E-state index in [0.29, 0.717) is 37.4 Å². The summed E-state index contributed by atoms with van der Waals surface area (Å²) >= 11 is 3.48. The highest BCUT2D eigenvalue weighted by Gasteiger charge is 2.55. The fourth-order valence-corrected chi connectivity index (χ4v) is 7.05. The van der Waals surface area contributed by atoms with Crippen molar-refractivity contribution >= 4 is 37.6 Å². The minimum Gasteiger partial charge on any atom is -0.494 e. The normalized spacial score (nSPS) is 20.6. The van der Waals surface area contributed by atoms with Crippen LogP contribution < -0.4 is 4.74 Å². The largest absolute Gasteiger partial charge is 0.494 e. The lowest BCUT2D eigenvalue weighted by molar-refractivity contribution is -0.140. The molecule has 1 fully saturated rings. The Labute approximate surface area is 255 Å². The number of aliphatic hydroxyl groups excluding tert-OH is 1. The second kappa shape index (κ2) is 13.4. The van der Waals surface area contributed by atoms with Gasteiger partial charge in [-0.3, -0.25) is 4.79 Å². The van der Waals surface area contributed by atoms with E-state index >= 15 is 0 Å². The molecule has 0 saturated carbocycles. The zero-order valence-corrected chi connectivity index (χ0v) is 25.7. The minimum atomic E-state index is -3.70. The minimum absolute atomic E-state index is 0.0356. The SMILES string of the molecule is O=C(N1CCCCC1)[C@]1(CCS(=O)(=O)c2ccccc2)N=C(c2ccc(OCCCO)cc2)O[C@@H]1c1ccc(Br)cc1. The first-order chi connectivity index (χ1) is 20.3. The van der Waals surface area contributed by atoms with Gasteiger partial charge in [-0.05, 0) is 73.4 Å². The van der Waals surface area contributed by atoms with Crippen molar-refractivity contribution in [2.24, 2.45) is 4.99 Å². The van der Waals surface area contributed by atoms with Crippen molar-refractivity contribution in [3.8, 4) is 5.75 Å². The molecule has 42 heavy (non-hydrogen) atoms. The molecule has 1 amide bonds. The third kappa shape index (κ3) is 6.71. The van der Waals surface area contributed by atoms with Crippen molar-refractivity contribution in [3.05, 3.63) is 94.5 Å². The summed E-state index contributed by atoms with van der Waals surface area (Å²) in [7, 11) is -3.70. The lowest BCUT2D eigenvalue weighted by Crippen LogP contribution is -2.52. The van der Waals surface area contributed by atoms with Crippen molar-refractivity contribution in [1.29, 1.82) is 0 Å². The smallest absolute Gasteiger partial charge is 0.254 e. The third-order valence-corrected chi connectivity index (χ3v) is 9.94. The van der Waals surface area contributed by atoms with Crippen LogP contribution in [0.4, 0.5) is 0 Å². The van der Waals surface area contributed by atoms with Crippen LogP contribution in [0, 0.1) is 0 Å². The number of hydrogen-bond acceptors (Lipinski definition) is 7. The number of nitrogens with zero attached hydrogens (tertiary/aromatic N) is 2. The van der Waals surface area contributed by atoms with Gasteiger partial charge in [0.15, 0.2) is 21.5 Å². The highest BCUT2D eigenvalue weighted by atomic mass is 79.9. The summed E-state index contributed by atoms with van der Waals surface area (Å²) in [6, 6.07) is 23.0. The highest BCUT2D eigenvalue weighted by Crippen LogP contribution is 2.44. The topological polar surface area (TPSA) is 106 Å². The van der Waals surface area contributed by atoms with E-state index in [1.54, 1.807) is 42.5 Å². The average Bonchev–Trinajstić information content (AvgIpc) is 3.42. The van der Waals surface area contributed by atoms with Crippen molar-refractivity contribution < 1.29 is 27.8 Å². The maximum absolute atomic E-state index is 14.5. The molecule has 3 aromatic rings. The Hall–Kier alpha value is -3.21. The number of sulfone groups is 1. The maximum atomic E-state index is 14.5. The van der Waals surface area contributed by atoms with Crippen LogP contribution in [0.1, 0.15) is 49.3 Å². The fraction of sp³-hybridized carbons (Fsp3) is 0.375. The summed E-state index contributed by atoms with van der Waals surface area (Å²) in [5.41, 5.74) is -0.0761. The van der Waals surface area contributed by atoms with E-state index in [0.717, 1.165) is 29.3 Å². The Morgan fingerprint density at radius 1 is 1.00 bits per heavy atom. The number of carbonyl (C=O) groups excluding carboxylic acids is 1. The predicted molar refractivity (Wildman–Crippen MR) is 164 cm³/mol. The zero-order chi connectivity index (χ0) is 29.6. The summed E-state index contributed by atoms with van der Waals surface area (Å²) in [5.74, 6) is 0.450. The summed E-state index contributed by atoms with van der Waals surface area (Å²) in [5, 5.41) is 9.03. The Balaban J connectivity index is 1.56. The summed E-state index contributed by atoms with van der Waals surface area (Å²) in [6.45, 7) is 1.64. The molecule has 0 unspecified atom stereocenters. The van der Waals surface area contributed by atoms with Gasteiger partial charge in [-0.25, -0.2) is 13.4 Å². The Kier molecular flexibility index (Phi) is 9.65. The number of rotatable bonds is 11. The van der Waals surface area contributed by atoms with Crippen molar-refractivity contribution in [1.82, 2.24) is 4.90 Å². The molecular weight excluding hydrogens is 620 g/mol. The molecule has 8 nitrogen and oxygen atoms in total. The number of aliphatic imine (C=N–C) groups is 1. The molecule has 2 aliphatic rings. The molecule has 5 rings (SSSR count).